The topological polar surface area (TPSA) is 57.6 Å². The highest BCUT2D eigenvalue weighted by Gasteiger charge is 2.42. The van der Waals surface area contributed by atoms with Gasteiger partial charge in [0, 0.05) is 13.1 Å². The van der Waals surface area contributed by atoms with Crippen LogP contribution in [0.25, 0.3) is 0 Å². The number of nitrogens with zero attached hydrogens (tertiary/aromatic N) is 1. The van der Waals surface area contributed by atoms with Gasteiger partial charge in [0.25, 0.3) is 5.91 Å². The SMILES string of the molecule is C[C@@]1(C(=O)O)CCN(C(=O)c2cc(F)c(Cl)cc2Cl)C1. The monoisotopic (exact) mass is 319 g/mol. The van der Waals surface area contributed by atoms with E-state index in [9.17, 15) is 14.0 Å². The Balaban J connectivity index is 2.26. The van der Waals surface area contributed by atoms with E-state index in [0.717, 1.165) is 12.1 Å². The number of carbonyl (C=O) groups excluding carboxylic acids is 1. The van der Waals surface area contributed by atoms with Crippen molar-refractivity contribution in [2.75, 3.05) is 13.1 Å². The van der Waals surface area contributed by atoms with Crippen LogP contribution in [0.1, 0.15) is 23.7 Å². The molecule has 0 saturated carbocycles. The summed E-state index contributed by atoms with van der Waals surface area (Å²) in [4.78, 5) is 24.8. The zero-order valence-electron chi connectivity index (χ0n) is 10.6. The van der Waals surface area contributed by atoms with Crippen molar-refractivity contribution >= 4 is 35.1 Å². The molecule has 1 aromatic carbocycles. The molecule has 1 fully saturated rings. The van der Waals surface area contributed by atoms with E-state index in [4.69, 9.17) is 28.3 Å². The third-order valence-electron chi connectivity index (χ3n) is 3.52. The van der Waals surface area contributed by atoms with Gasteiger partial charge in [0.15, 0.2) is 0 Å². The minimum atomic E-state index is -0.979. The van der Waals surface area contributed by atoms with Gasteiger partial charge >= 0.3 is 5.97 Å². The first-order valence-electron chi connectivity index (χ1n) is 5.92. The van der Waals surface area contributed by atoms with E-state index in [1.165, 1.54) is 4.90 Å². The van der Waals surface area contributed by atoms with Gasteiger partial charge < -0.3 is 10.0 Å². The molecule has 0 spiro atoms. The Hall–Kier alpha value is -1.33. The average Bonchev–Trinajstić information content (AvgIpc) is 2.77. The molecule has 1 aromatic rings. The van der Waals surface area contributed by atoms with Gasteiger partial charge in [0.05, 0.1) is 21.0 Å². The van der Waals surface area contributed by atoms with Crippen molar-refractivity contribution in [1.82, 2.24) is 4.90 Å². The van der Waals surface area contributed by atoms with E-state index in [2.05, 4.69) is 0 Å². The first-order chi connectivity index (χ1) is 9.24. The van der Waals surface area contributed by atoms with Crippen molar-refractivity contribution in [2.45, 2.75) is 13.3 Å². The fourth-order valence-electron chi connectivity index (χ4n) is 2.17. The summed E-state index contributed by atoms with van der Waals surface area (Å²) in [5.41, 5.74) is -0.990. The molecule has 108 valence electrons. The molecule has 0 unspecified atom stereocenters. The van der Waals surface area contributed by atoms with Crippen LogP contribution < -0.4 is 0 Å². The second kappa shape index (κ2) is 5.22. The van der Waals surface area contributed by atoms with E-state index in [-0.39, 0.29) is 22.2 Å². The molecule has 1 N–H and O–H groups in total. The van der Waals surface area contributed by atoms with Crippen LogP contribution >= 0.6 is 23.2 Å². The highest BCUT2D eigenvalue weighted by molar-refractivity contribution is 6.36. The van der Waals surface area contributed by atoms with Gasteiger partial charge in [-0.1, -0.05) is 23.2 Å². The van der Waals surface area contributed by atoms with Crippen LogP contribution in [0.5, 0.6) is 0 Å². The fraction of sp³-hybridized carbons (Fsp3) is 0.385. The second-order valence-electron chi connectivity index (χ2n) is 5.09. The summed E-state index contributed by atoms with van der Waals surface area (Å²) >= 11 is 11.5. The highest BCUT2D eigenvalue weighted by Crippen LogP contribution is 2.32. The molecule has 4 nitrogen and oxygen atoms in total. The molecule has 0 aromatic heterocycles. The average molecular weight is 320 g/mol. The summed E-state index contributed by atoms with van der Waals surface area (Å²) in [6, 6.07) is 2.14. The molecular weight excluding hydrogens is 308 g/mol. The zero-order chi connectivity index (χ0) is 15.1. The number of hydrogen-bond acceptors (Lipinski definition) is 2. The number of carbonyl (C=O) groups is 2. The van der Waals surface area contributed by atoms with Gasteiger partial charge in [0.1, 0.15) is 5.82 Å². The fourth-order valence-corrected chi connectivity index (χ4v) is 2.63. The molecule has 0 aliphatic carbocycles. The van der Waals surface area contributed by atoms with Crippen molar-refractivity contribution in [3.05, 3.63) is 33.6 Å². The zero-order valence-corrected chi connectivity index (χ0v) is 12.1. The summed E-state index contributed by atoms with van der Waals surface area (Å²) in [7, 11) is 0. The first-order valence-corrected chi connectivity index (χ1v) is 6.67. The quantitative estimate of drug-likeness (QED) is 0.852. The van der Waals surface area contributed by atoms with Crippen molar-refractivity contribution in [3.63, 3.8) is 0 Å². The standard InChI is InChI=1S/C13H12Cl2FNO3/c1-13(12(19)20)2-3-17(6-13)11(18)7-4-10(16)9(15)5-8(7)14/h4-5H,2-3,6H2,1H3,(H,19,20)/t13-/m1/s1. The molecule has 1 heterocycles. The van der Waals surface area contributed by atoms with Gasteiger partial charge in [-0.3, -0.25) is 9.59 Å². The maximum Gasteiger partial charge on any atom is 0.311 e. The van der Waals surface area contributed by atoms with Crippen LogP contribution in [-0.4, -0.2) is 35.0 Å². The number of carboxylic acids is 1. The van der Waals surface area contributed by atoms with Crippen molar-refractivity contribution < 1.29 is 19.1 Å². The first kappa shape index (κ1) is 15.1. The van der Waals surface area contributed by atoms with E-state index < -0.39 is 23.1 Å². The predicted molar refractivity (Wildman–Crippen MR) is 72.7 cm³/mol. The molecule has 1 saturated heterocycles. The second-order valence-corrected chi connectivity index (χ2v) is 5.90. The lowest BCUT2D eigenvalue weighted by atomic mass is 9.90. The highest BCUT2D eigenvalue weighted by atomic mass is 35.5. The summed E-state index contributed by atoms with van der Waals surface area (Å²) in [6.45, 7) is 1.94. The van der Waals surface area contributed by atoms with Gasteiger partial charge in [-0.15, -0.1) is 0 Å². The van der Waals surface area contributed by atoms with Gasteiger partial charge in [0.2, 0.25) is 0 Å². The van der Waals surface area contributed by atoms with Gasteiger partial charge in [-0.05, 0) is 25.5 Å². The van der Waals surface area contributed by atoms with E-state index in [0.29, 0.717) is 13.0 Å². The lowest BCUT2D eigenvalue weighted by Gasteiger charge is -2.20. The van der Waals surface area contributed by atoms with Crippen LogP contribution in [0.2, 0.25) is 10.0 Å². The van der Waals surface area contributed by atoms with Crippen LogP contribution in [0.3, 0.4) is 0 Å². The third-order valence-corrected chi connectivity index (χ3v) is 4.12. The van der Waals surface area contributed by atoms with Crippen LogP contribution in [-0.2, 0) is 4.79 Å². The lowest BCUT2D eigenvalue weighted by Crippen LogP contribution is -2.35. The molecule has 1 aliphatic rings. The number of hydrogen-bond donors (Lipinski definition) is 1. The minimum Gasteiger partial charge on any atom is -0.481 e. The third kappa shape index (κ3) is 2.60. The molecule has 1 atom stereocenters. The van der Waals surface area contributed by atoms with Crippen LogP contribution in [0.4, 0.5) is 4.39 Å². The summed E-state index contributed by atoms with van der Waals surface area (Å²) in [6.07, 6.45) is 0.349. The normalized spacial score (nSPS) is 22.1. The molecule has 20 heavy (non-hydrogen) atoms. The Bertz CT molecular complexity index is 593. The molecule has 0 radical (unpaired) electrons. The Labute approximate surface area is 125 Å². The number of rotatable bonds is 2. The molecular formula is C13H12Cl2FNO3. The van der Waals surface area contributed by atoms with E-state index in [1.807, 2.05) is 0 Å². The van der Waals surface area contributed by atoms with Crippen LogP contribution in [0, 0.1) is 11.2 Å². The van der Waals surface area contributed by atoms with Crippen molar-refractivity contribution in [3.8, 4) is 0 Å². The molecule has 2 rings (SSSR count). The van der Waals surface area contributed by atoms with Gasteiger partial charge in [-0.2, -0.15) is 0 Å². The molecule has 7 heteroatoms. The van der Waals surface area contributed by atoms with Crippen LogP contribution in [0.15, 0.2) is 12.1 Å². The molecule has 1 aliphatic heterocycles. The maximum atomic E-state index is 13.4. The van der Waals surface area contributed by atoms with E-state index >= 15 is 0 Å². The number of amides is 1. The Kier molecular flexibility index (Phi) is 3.93. The van der Waals surface area contributed by atoms with Crippen molar-refractivity contribution in [1.29, 1.82) is 0 Å². The maximum absolute atomic E-state index is 13.4. The Morgan fingerprint density at radius 1 is 1.35 bits per heavy atom. The largest absolute Gasteiger partial charge is 0.481 e. The number of carboxylic acid groups (broad SMARTS) is 1. The predicted octanol–water partition coefficient (Wildman–Crippen LogP) is 3.07. The number of benzene rings is 1. The summed E-state index contributed by atoms with van der Waals surface area (Å²) in [5, 5.41) is 9.02. The number of likely N-dealkylation sites (tertiary alicyclic amines) is 1. The molecule has 1 amide bonds. The smallest absolute Gasteiger partial charge is 0.311 e. The van der Waals surface area contributed by atoms with E-state index in [1.54, 1.807) is 6.92 Å². The number of aliphatic carboxylic acids is 1. The van der Waals surface area contributed by atoms with Crippen molar-refractivity contribution in [2.24, 2.45) is 5.41 Å². The Morgan fingerprint density at radius 2 is 2.00 bits per heavy atom. The number of halogens is 3. The lowest BCUT2D eigenvalue weighted by molar-refractivity contribution is -0.147. The Morgan fingerprint density at radius 3 is 2.55 bits per heavy atom. The summed E-state index contributed by atoms with van der Waals surface area (Å²) < 4.78 is 13.4. The summed E-state index contributed by atoms with van der Waals surface area (Å²) in [5.74, 6) is -2.18. The molecule has 0 bridgehead atoms. The minimum absolute atomic E-state index is 0.0109. The van der Waals surface area contributed by atoms with Gasteiger partial charge in [-0.25, -0.2) is 4.39 Å².